The molecule has 28 heavy (non-hydrogen) atoms. The molecule has 0 spiro atoms. The van der Waals surface area contributed by atoms with Gasteiger partial charge >= 0.3 is 6.18 Å². The Morgan fingerprint density at radius 1 is 0.750 bits per heavy atom. The number of hydrogen-bond acceptors (Lipinski definition) is 5. The highest BCUT2D eigenvalue weighted by molar-refractivity contribution is 5.79. The number of aromatic nitrogens is 5. The van der Waals surface area contributed by atoms with E-state index in [4.69, 9.17) is 0 Å². The van der Waals surface area contributed by atoms with Gasteiger partial charge in [-0.25, -0.2) is 19.9 Å². The lowest BCUT2D eigenvalue weighted by atomic mass is 10.1. The summed E-state index contributed by atoms with van der Waals surface area (Å²) >= 11 is 0. The van der Waals surface area contributed by atoms with E-state index in [2.05, 4.69) is 24.9 Å². The second-order valence-electron chi connectivity index (χ2n) is 5.85. The Kier molecular flexibility index (Phi) is 4.52. The molecule has 0 aliphatic heterocycles. The van der Waals surface area contributed by atoms with Crippen molar-refractivity contribution >= 4 is 0 Å². The molecule has 0 saturated carbocycles. The number of hydrogen-bond donors (Lipinski definition) is 0. The molecule has 3 aromatic heterocycles. The fraction of sp³-hybridized carbons (Fsp3) is 0.0500. The third-order valence-corrected chi connectivity index (χ3v) is 4.01. The SMILES string of the molecule is FC(F)(F)c1ccc(-c2nc(-c3ccccc3)ncc2-c2ccncn2)cn1. The normalized spacial score (nSPS) is 11.4. The van der Waals surface area contributed by atoms with Gasteiger partial charge in [0, 0.05) is 35.3 Å². The largest absolute Gasteiger partial charge is 0.433 e. The summed E-state index contributed by atoms with van der Waals surface area (Å²) in [4.78, 5) is 20.6. The second kappa shape index (κ2) is 7.15. The first-order valence-electron chi connectivity index (χ1n) is 8.25. The van der Waals surface area contributed by atoms with Gasteiger partial charge < -0.3 is 0 Å². The first-order valence-corrected chi connectivity index (χ1v) is 8.25. The maximum absolute atomic E-state index is 12.8. The minimum absolute atomic E-state index is 0.432. The molecule has 0 bridgehead atoms. The van der Waals surface area contributed by atoms with Gasteiger partial charge in [-0.3, -0.25) is 4.98 Å². The van der Waals surface area contributed by atoms with Gasteiger partial charge in [0.15, 0.2) is 5.82 Å². The van der Waals surface area contributed by atoms with Crippen molar-refractivity contribution < 1.29 is 13.2 Å². The predicted molar refractivity (Wildman–Crippen MR) is 96.7 cm³/mol. The van der Waals surface area contributed by atoms with Gasteiger partial charge in [-0.05, 0) is 18.2 Å². The van der Waals surface area contributed by atoms with Gasteiger partial charge in [0.25, 0.3) is 0 Å². The number of pyridine rings is 1. The summed E-state index contributed by atoms with van der Waals surface area (Å²) in [7, 11) is 0. The molecular weight excluding hydrogens is 367 g/mol. The molecular formula is C20H12F3N5. The highest BCUT2D eigenvalue weighted by Gasteiger charge is 2.32. The topological polar surface area (TPSA) is 64.5 Å². The average Bonchev–Trinajstić information content (AvgIpc) is 2.74. The predicted octanol–water partition coefficient (Wildman–Crippen LogP) is 4.68. The standard InChI is InChI=1S/C20H12F3N5/c21-20(22,23)17-7-6-14(10-25-17)18-15(16-8-9-24-12-27-16)11-26-19(28-18)13-4-2-1-3-5-13/h1-12H. The van der Waals surface area contributed by atoms with E-state index >= 15 is 0 Å². The van der Waals surface area contributed by atoms with Crippen LogP contribution in [-0.4, -0.2) is 24.9 Å². The van der Waals surface area contributed by atoms with Gasteiger partial charge in [-0.2, -0.15) is 13.2 Å². The summed E-state index contributed by atoms with van der Waals surface area (Å²) in [6.45, 7) is 0. The molecule has 0 saturated heterocycles. The smallest absolute Gasteiger partial charge is 0.251 e. The zero-order chi connectivity index (χ0) is 19.6. The molecule has 0 aliphatic rings. The van der Waals surface area contributed by atoms with Crippen LogP contribution in [-0.2, 0) is 6.18 Å². The number of rotatable bonds is 3. The van der Waals surface area contributed by atoms with Crippen molar-refractivity contribution in [2.24, 2.45) is 0 Å². The summed E-state index contributed by atoms with van der Waals surface area (Å²) in [5.74, 6) is 0.452. The minimum Gasteiger partial charge on any atom is -0.251 e. The first kappa shape index (κ1) is 17.7. The fourth-order valence-electron chi connectivity index (χ4n) is 2.67. The summed E-state index contributed by atoms with van der Waals surface area (Å²) in [6, 6.07) is 13.3. The number of alkyl halides is 3. The quantitative estimate of drug-likeness (QED) is 0.517. The van der Waals surface area contributed by atoms with Crippen LogP contribution in [0.2, 0.25) is 0 Å². The van der Waals surface area contributed by atoms with Gasteiger partial charge in [0.05, 0.1) is 11.4 Å². The number of halogens is 3. The van der Waals surface area contributed by atoms with Crippen molar-refractivity contribution in [3.63, 3.8) is 0 Å². The molecule has 0 fully saturated rings. The third kappa shape index (κ3) is 3.57. The van der Waals surface area contributed by atoms with E-state index in [9.17, 15) is 13.2 Å². The van der Waals surface area contributed by atoms with E-state index in [0.717, 1.165) is 17.8 Å². The zero-order valence-corrected chi connectivity index (χ0v) is 14.3. The molecule has 0 N–H and O–H groups in total. The fourth-order valence-corrected chi connectivity index (χ4v) is 2.67. The van der Waals surface area contributed by atoms with Crippen molar-refractivity contribution in [1.82, 2.24) is 24.9 Å². The lowest BCUT2D eigenvalue weighted by Crippen LogP contribution is -2.07. The highest BCUT2D eigenvalue weighted by atomic mass is 19.4. The lowest BCUT2D eigenvalue weighted by Gasteiger charge is -2.11. The molecule has 3 heterocycles. The maximum Gasteiger partial charge on any atom is 0.433 e. The van der Waals surface area contributed by atoms with Crippen molar-refractivity contribution in [3.8, 4) is 33.9 Å². The van der Waals surface area contributed by atoms with Crippen molar-refractivity contribution in [3.05, 3.63) is 79.1 Å². The van der Waals surface area contributed by atoms with Crippen LogP contribution < -0.4 is 0 Å². The molecule has 0 aliphatic carbocycles. The van der Waals surface area contributed by atoms with Crippen LogP contribution in [0.15, 0.2) is 73.4 Å². The van der Waals surface area contributed by atoms with Gasteiger partial charge in [0.2, 0.25) is 0 Å². The van der Waals surface area contributed by atoms with Crippen molar-refractivity contribution in [2.75, 3.05) is 0 Å². The summed E-state index contributed by atoms with van der Waals surface area (Å²) in [6.07, 6.45) is 1.21. The van der Waals surface area contributed by atoms with Crippen LogP contribution in [0, 0.1) is 0 Å². The molecule has 0 atom stereocenters. The highest BCUT2D eigenvalue weighted by Crippen LogP contribution is 2.32. The van der Waals surface area contributed by atoms with Crippen LogP contribution in [0.1, 0.15) is 5.69 Å². The van der Waals surface area contributed by atoms with Crippen LogP contribution in [0.3, 0.4) is 0 Å². The average molecular weight is 379 g/mol. The van der Waals surface area contributed by atoms with E-state index in [0.29, 0.717) is 28.3 Å². The molecule has 5 nitrogen and oxygen atoms in total. The molecule has 138 valence electrons. The Labute approximate surface area is 158 Å². The van der Waals surface area contributed by atoms with Gasteiger partial charge in [0.1, 0.15) is 12.0 Å². The Balaban J connectivity index is 1.87. The Morgan fingerprint density at radius 3 is 2.21 bits per heavy atom. The van der Waals surface area contributed by atoms with Gasteiger partial charge in [-0.1, -0.05) is 30.3 Å². The van der Waals surface area contributed by atoms with Crippen LogP contribution >= 0.6 is 0 Å². The minimum atomic E-state index is -4.51. The Hall–Kier alpha value is -3.68. The zero-order valence-electron chi connectivity index (χ0n) is 14.3. The molecule has 4 aromatic rings. The summed E-state index contributed by atoms with van der Waals surface area (Å²) in [5.41, 5.74) is 1.83. The molecule has 1 aromatic carbocycles. The molecule has 0 amide bonds. The van der Waals surface area contributed by atoms with Crippen LogP contribution in [0.5, 0.6) is 0 Å². The van der Waals surface area contributed by atoms with E-state index in [-0.39, 0.29) is 0 Å². The van der Waals surface area contributed by atoms with Gasteiger partial charge in [-0.15, -0.1) is 0 Å². The molecule has 8 heteroatoms. The monoisotopic (exact) mass is 379 g/mol. The Morgan fingerprint density at radius 2 is 1.57 bits per heavy atom. The van der Waals surface area contributed by atoms with E-state index < -0.39 is 11.9 Å². The van der Waals surface area contributed by atoms with Crippen molar-refractivity contribution in [1.29, 1.82) is 0 Å². The lowest BCUT2D eigenvalue weighted by molar-refractivity contribution is -0.141. The van der Waals surface area contributed by atoms with Crippen LogP contribution in [0.25, 0.3) is 33.9 Å². The summed E-state index contributed by atoms with van der Waals surface area (Å²) < 4.78 is 38.5. The first-order chi connectivity index (χ1) is 13.5. The molecule has 0 unspecified atom stereocenters. The third-order valence-electron chi connectivity index (χ3n) is 4.01. The van der Waals surface area contributed by atoms with E-state index in [1.54, 1.807) is 18.5 Å². The Bertz CT molecular complexity index is 1080. The number of nitrogens with zero attached hydrogens (tertiary/aromatic N) is 5. The molecule has 4 rings (SSSR count). The second-order valence-corrected chi connectivity index (χ2v) is 5.85. The van der Waals surface area contributed by atoms with Crippen molar-refractivity contribution in [2.45, 2.75) is 6.18 Å². The molecule has 0 radical (unpaired) electrons. The van der Waals surface area contributed by atoms with E-state index in [1.807, 2.05) is 30.3 Å². The van der Waals surface area contributed by atoms with Crippen LogP contribution in [0.4, 0.5) is 13.2 Å². The number of benzene rings is 1. The summed E-state index contributed by atoms with van der Waals surface area (Å²) in [5, 5.41) is 0. The maximum atomic E-state index is 12.8. The van der Waals surface area contributed by atoms with E-state index in [1.165, 1.54) is 12.4 Å².